The fourth-order valence-electron chi connectivity index (χ4n) is 1.87. The van der Waals surface area contributed by atoms with Crippen molar-refractivity contribution in [2.45, 2.75) is 13.0 Å². The van der Waals surface area contributed by atoms with Gasteiger partial charge in [-0.25, -0.2) is 0 Å². The minimum atomic E-state index is 0.0691. The lowest BCUT2D eigenvalue weighted by Crippen LogP contribution is -2.07. The first kappa shape index (κ1) is 14.0. The SMILES string of the molecule is COc1ccc(NC(C)c2cccc(Cl)c2Cl)cc1. The van der Waals surface area contributed by atoms with Crippen molar-refractivity contribution in [2.24, 2.45) is 0 Å². The highest BCUT2D eigenvalue weighted by Crippen LogP contribution is 2.31. The van der Waals surface area contributed by atoms with Crippen LogP contribution in [0.1, 0.15) is 18.5 Å². The van der Waals surface area contributed by atoms with E-state index in [0.29, 0.717) is 10.0 Å². The number of rotatable bonds is 4. The van der Waals surface area contributed by atoms with Gasteiger partial charge in [0, 0.05) is 5.69 Å². The lowest BCUT2D eigenvalue weighted by molar-refractivity contribution is 0.415. The Kier molecular flexibility index (Phi) is 4.56. The number of ether oxygens (including phenoxy) is 1. The van der Waals surface area contributed by atoms with Crippen molar-refractivity contribution < 1.29 is 4.74 Å². The predicted molar refractivity (Wildman–Crippen MR) is 81.5 cm³/mol. The van der Waals surface area contributed by atoms with E-state index in [-0.39, 0.29) is 6.04 Å². The first-order chi connectivity index (χ1) is 9.11. The average Bonchev–Trinajstić information content (AvgIpc) is 2.42. The van der Waals surface area contributed by atoms with Gasteiger partial charge in [0.25, 0.3) is 0 Å². The highest BCUT2D eigenvalue weighted by atomic mass is 35.5. The van der Waals surface area contributed by atoms with Gasteiger partial charge < -0.3 is 10.1 Å². The Morgan fingerprint density at radius 2 is 1.74 bits per heavy atom. The fraction of sp³-hybridized carbons (Fsp3) is 0.200. The molecule has 0 aliphatic carbocycles. The highest BCUT2D eigenvalue weighted by molar-refractivity contribution is 6.42. The van der Waals surface area contributed by atoms with Gasteiger partial charge in [-0.05, 0) is 42.8 Å². The van der Waals surface area contributed by atoms with Crippen LogP contribution in [-0.2, 0) is 0 Å². The summed E-state index contributed by atoms with van der Waals surface area (Å²) in [7, 11) is 1.65. The molecule has 2 aromatic rings. The molecule has 100 valence electrons. The lowest BCUT2D eigenvalue weighted by Gasteiger charge is -2.17. The Bertz CT molecular complexity index is 555. The van der Waals surface area contributed by atoms with Gasteiger partial charge in [-0.2, -0.15) is 0 Å². The molecule has 2 aromatic carbocycles. The second kappa shape index (κ2) is 6.18. The van der Waals surface area contributed by atoms with Gasteiger partial charge in [0.15, 0.2) is 0 Å². The highest BCUT2D eigenvalue weighted by Gasteiger charge is 2.11. The topological polar surface area (TPSA) is 21.3 Å². The minimum absolute atomic E-state index is 0.0691. The van der Waals surface area contributed by atoms with E-state index in [1.165, 1.54) is 0 Å². The molecular formula is C15H15Cl2NO. The minimum Gasteiger partial charge on any atom is -0.497 e. The summed E-state index contributed by atoms with van der Waals surface area (Å²) >= 11 is 12.2. The van der Waals surface area contributed by atoms with Crippen LogP contribution < -0.4 is 10.1 Å². The van der Waals surface area contributed by atoms with Crippen LogP contribution >= 0.6 is 23.2 Å². The molecule has 0 saturated heterocycles. The second-order valence-corrected chi connectivity index (χ2v) is 5.02. The van der Waals surface area contributed by atoms with Crippen LogP contribution in [0.25, 0.3) is 0 Å². The van der Waals surface area contributed by atoms with E-state index < -0.39 is 0 Å². The Morgan fingerprint density at radius 1 is 1.05 bits per heavy atom. The molecule has 0 radical (unpaired) electrons. The van der Waals surface area contributed by atoms with Gasteiger partial charge in [-0.1, -0.05) is 35.3 Å². The fourth-order valence-corrected chi connectivity index (χ4v) is 2.34. The Hall–Kier alpha value is -1.38. The molecular weight excluding hydrogens is 281 g/mol. The van der Waals surface area contributed by atoms with Crippen molar-refractivity contribution in [1.29, 1.82) is 0 Å². The van der Waals surface area contributed by atoms with E-state index in [0.717, 1.165) is 17.0 Å². The molecule has 1 N–H and O–H groups in total. The van der Waals surface area contributed by atoms with Crippen LogP contribution in [0.2, 0.25) is 10.0 Å². The Morgan fingerprint density at radius 3 is 2.37 bits per heavy atom. The first-order valence-electron chi connectivity index (χ1n) is 5.96. The quantitative estimate of drug-likeness (QED) is 0.839. The van der Waals surface area contributed by atoms with Crippen molar-refractivity contribution >= 4 is 28.9 Å². The van der Waals surface area contributed by atoms with Crippen LogP contribution in [0.15, 0.2) is 42.5 Å². The summed E-state index contributed by atoms with van der Waals surface area (Å²) in [6, 6.07) is 13.5. The van der Waals surface area contributed by atoms with Crippen LogP contribution in [0.3, 0.4) is 0 Å². The largest absolute Gasteiger partial charge is 0.497 e. The molecule has 0 saturated carbocycles. The Labute approximate surface area is 123 Å². The van der Waals surface area contributed by atoms with Crippen LogP contribution in [0.5, 0.6) is 5.75 Å². The number of anilines is 1. The van der Waals surface area contributed by atoms with Crippen molar-refractivity contribution in [3.05, 3.63) is 58.1 Å². The van der Waals surface area contributed by atoms with Gasteiger partial charge in [-0.3, -0.25) is 0 Å². The van der Waals surface area contributed by atoms with Crippen LogP contribution in [0, 0.1) is 0 Å². The summed E-state index contributed by atoms with van der Waals surface area (Å²) in [6.07, 6.45) is 0. The lowest BCUT2D eigenvalue weighted by atomic mass is 10.1. The number of halogens is 2. The van der Waals surface area contributed by atoms with E-state index in [1.54, 1.807) is 13.2 Å². The van der Waals surface area contributed by atoms with Gasteiger partial charge in [0.05, 0.1) is 23.2 Å². The third-order valence-corrected chi connectivity index (χ3v) is 3.75. The van der Waals surface area contributed by atoms with E-state index in [9.17, 15) is 0 Å². The third kappa shape index (κ3) is 3.34. The zero-order chi connectivity index (χ0) is 13.8. The monoisotopic (exact) mass is 295 g/mol. The molecule has 0 bridgehead atoms. The normalized spacial score (nSPS) is 12.0. The Balaban J connectivity index is 2.15. The smallest absolute Gasteiger partial charge is 0.119 e. The van der Waals surface area contributed by atoms with Gasteiger partial charge >= 0.3 is 0 Å². The zero-order valence-electron chi connectivity index (χ0n) is 10.8. The zero-order valence-corrected chi connectivity index (χ0v) is 12.3. The molecule has 4 heteroatoms. The number of benzene rings is 2. The molecule has 0 heterocycles. The first-order valence-corrected chi connectivity index (χ1v) is 6.72. The number of nitrogens with one attached hydrogen (secondary N) is 1. The molecule has 19 heavy (non-hydrogen) atoms. The predicted octanol–water partition coefficient (Wildman–Crippen LogP) is 5.18. The summed E-state index contributed by atoms with van der Waals surface area (Å²) in [4.78, 5) is 0. The van der Waals surface area contributed by atoms with E-state index >= 15 is 0 Å². The average molecular weight is 296 g/mol. The standard InChI is InChI=1S/C15H15Cl2NO/c1-10(13-4-3-5-14(16)15(13)17)18-11-6-8-12(19-2)9-7-11/h3-10,18H,1-2H3. The molecule has 0 aliphatic rings. The molecule has 0 spiro atoms. The van der Waals surface area contributed by atoms with E-state index in [4.69, 9.17) is 27.9 Å². The molecule has 0 aromatic heterocycles. The molecule has 2 nitrogen and oxygen atoms in total. The maximum Gasteiger partial charge on any atom is 0.119 e. The number of hydrogen-bond donors (Lipinski definition) is 1. The van der Waals surface area contributed by atoms with Crippen molar-refractivity contribution in [1.82, 2.24) is 0 Å². The van der Waals surface area contributed by atoms with E-state index in [1.807, 2.05) is 43.3 Å². The van der Waals surface area contributed by atoms with Gasteiger partial charge in [-0.15, -0.1) is 0 Å². The number of methoxy groups -OCH3 is 1. The summed E-state index contributed by atoms with van der Waals surface area (Å²) < 4.78 is 5.13. The summed E-state index contributed by atoms with van der Waals surface area (Å²) in [5, 5.41) is 4.55. The summed E-state index contributed by atoms with van der Waals surface area (Å²) in [5.41, 5.74) is 1.98. The van der Waals surface area contributed by atoms with Gasteiger partial charge in [0.2, 0.25) is 0 Å². The van der Waals surface area contributed by atoms with Crippen LogP contribution in [-0.4, -0.2) is 7.11 Å². The summed E-state index contributed by atoms with van der Waals surface area (Å²) in [6.45, 7) is 2.04. The molecule has 0 amide bonds. The molecule has 2 rings (SSSR count). The van der Waals surface area contributed by atoms with Crippen LogP contribution in [0.4, 0.5) is 5.69 Å². The molecule has 0 aliphatic heterocycles. The van der Waals surface area contributed by atoms with Crippen molar-refractivity contribution in [2.75, 3.05) is 12.4 Å². The van der Waals surface area contributed by atoms with Gasteiger partial charge in [0.1, 0.15) is 5.75 Å². The van der Waals surface area contributed by atoms with Crippen molar-refractivity contribution in [3.63, 3.8) is 0 Å². The molecule has 1 unspecified atom stereocenters. The second-order valence-electron chi connectivity index (χ2n) is 4.24. The molecule has 0 fully saturated rings. The van der Waals surface area contributed by atoms with Crippen molar-refractivity contribution in [3.8, 4) is 5.75 Å². The molecule has 1 atom stereocenters. The maximum absolute atomic E-state index is 6.21. The third-order valence-electron chi connectivity index (χ3n) is 2.92. The van der Waals surface area contributed by atoms with E-state index in [2.05, 4.69) is 5.32 Å². The summed E-state index contributed by atoms with van der Waals surface area (Å²) in [5.74, 6) is 0.832. The number of hydrogen-bond acceptors (Lipinski definition) is 2. The maximum atomic E-state index is 6.21.